The number of nitrogens with zero attached hydrogens (tertiary/aromatic N) is 1. The Morgan fingerprint density at radius 1 is 1.38 bits per heavy atom. The van der Waals surface area contributed by atoms with Crippen LogP contribution in [0.1, 0.15) is 26.2 Å². The summed E-state index contributed by atoms with van der Waals surface area (Å²) in [6.45, 7) is 2.45. The first-order valence-corrected chi connectivity index (χ1v) is 8.04. The highest BCUT2D eigenvalue weighted by molar-refractivity contribution is 14.1. The van der Waals surface area contributed by atoms with Crippen LogP contribution >= 0.6 is 22.6 Å². The molecular formula is C15H19IN2O3. The van der Waals surface area contributed by atoms with E-state index in [0.717, 1.165) is 22.1 Å². The zero-order valence-corrected chi connectivity index (χ0v) is 14.1. The van der Waals surface area contributed by atoms with E-state index in [1.54, 1.807) is 11.8 Å². The fraction of sp³-hybridized carbons (Fsp3) is 0.467. The van der Waals surface area contributed by atoms with Gasteiger partial charge in [-0.15, -0.1) is 0 Å². The van der Waals surface area contributed by atoms with Crippen LogP contribution < -0.4 is 5.32 Å². The number of carboxylic acids is 1. The average Bonchev–Trinajstić information content (AvgIpc) is 2.44. The molecule has 0 aliphatic carbocycles. The summed E-state index contributed by atoms with van der Waals surface area (Å²) in [6.07, 6.45) is 2.40. The van der Waals surface area contributed by atoms with Gasteiger partial charge in [-0.1, -0.05) is 12.1 Å². The number of hydrogen-bond donors (Lipinski definition) is 2. The Hall–Kier alpha value is -1.15. The molecule has 1 aliphatic rings. The molecule has 1 atom stereocenters. The molecule has 0 saturated carbocycles. The molecule has 21 heavy (non-hydrogen) atoms. The Morgan fingerprint density at radius 2 is 2.10 bits per heavy atom. The second-order valence-corrected chi connectivity index (χ2v) is 6.65. The van der Waals surface area contributed by atoms with Crippen LogP contribution in [0, 0.1) is 3.57 Å². The lowest BCUT2D eigenvalue weighted by molar-refractivity contribution is -0.153. The molecule has 1 aromatic carbocycles. The fourth-order valence-corrected chi connectivity index (χ4v) is 3.12. The van der Waals surface area contributed by atoms with Gasteiger partial charge < -0.3 is 10.4 Å². The Balaban J connectivity index is 2.04. The molecular weight excluding hydrogens is 383 g/mol. The van der Waals surface area contributed by atoms with Crippen molar-refractivity contribution in [3.05, 3.63) is 27.8 Å². The molecule has 1 amide bonds. The van der Waals surface area contributed by atoms with Gasteiger partial charge in [-0.05, 0) is 67.5 Å². The number of halogens is 1. The summed E-state index contributed by atoms with van der Waals surface area (Å²) in [4.78, 5) is 25.5. The minimum Gasteiger partial charge on any atom is -0.480 e. The normalized spacial score (nSPS) is 22.8. The predicted octanol–water partition coefficient (Wildman–Crippen LogP) is 2.56. The number of amides is 1. The molecule has 1 aliphatic heterocycles. The summed E-state index contributed by atoms with van der Waals surface area (Å²) in [5.41, 5.74) is -0.184. The molecule has 1 heterocycles. The Morgan fingerprint density at radius 3 is 2.76 bits per heavy atom. The number of anilines is 1. The zero-order chi connectivity index (χ0) is 15.5. The molecule has 2 rings (SSSR count). The Labute approximate surface area is 137 Å². The summed E-state index contributed by atoms with van der Waals surface area (Å²) < 4.78 is 0.961. The number of nitrogens with one attached hydrogen (secondary N) is 1. The van der Waals surface area contributed by atoms with Gasteiger partial charge in [0.2, 0.25) is 5.91 Å². The van der Waals surface area contributed by atoms with Crippen LogP contribution in [-0.2, 0) is 9.59 Å². The predicted molar refractivity (Wildman–Crippen MR) is 89.3 cm³/mol. The molecule has 114 valence electrons. The van der Waals surface area contributed by atoms with Gasteiger partial charge in [-0.25, -0.2) is 0 Å². The van der Waals surface area contributed by atoms with Crippen LogP contribution in [0.15, 0.2) is 24.3 Å². The van der Waals surface area contributed by atoms with Crippen molar-refractivity contribution in [2.24, 2.45) is 0 Å². The molecule has 1 unspecified atom stereocenters. The maximum atomic E-state index is 12.2. The van der Waals surface area contributed by atoms with E-state index in [2.05, 4.69) is 27.9 Å². The third-order valence-corrected chi connectivity index (χ3v) is 4.92. The highest BCUT2D eigenvalue weighted by Crippen LogP contribution is 2.28. The topological polar surface area (TPSA) is 69.6 Å². The number of piperidine rings is 1. The van der Waals surface area contributed by atoms with Crippen molar-refractivity contribution >= 4 is 40.2 Å². The SMILES string of the molecule is CC1(C(=O)O)CCCCN1CC(=O)Nc1ccccc1I. The number of hydrogen-bond acceptors (Lipinski definition) is 3. The number of carbonyl (C=O) groups excluding carboxylic acids is 1. The molecule has 0 aromatic heterocycles. The summed E-state index contributed by atoms with van der Waals surface area (Å²) in [7, 11) is 0. The van der Waals surface area contributed by atoms with Crippen molar-refractivity contribution in [1.82, 2.24) is 4.90 Å². The van der Waals surface area contributed by atoms with Crippen molar-refractivity contribution in [1.29, 1.82) is 0 Å². The molecule has 1 aromatic rings. The highest BCUT2D eigenvalue weighted by Gasteiger charge is 2.41. The largest absolute Gasteiger partial charge is 0.480 e. The van der Waals surface area contributed by atoms with E-state index < -0.39 is 11.5 Å². The fourth-order valence-electron chi connectivity index (χ4n) is 2.60. The van der Waals surface area contributed by atoms with E-state index in [1.807, 2.05) is 24.3 Å². The van der Waals surface area contributed by atoms with E-state index in [4.69, 9.17) is 0 Å². The van der Waals surface area contributed by atoms with Gasteiger partial charge in [0.15, 0.2) is 0 Å². The Kier molecular flexibility index (Phi) is 5.21. The smallest absolute Gasteiger partial charge is 0.323 e. The van der Waals surface area contributed by atoms with Gasteiger partial charge in [0, 0.05) is 3.57 Å². The quantitative estimate of drug-likeness (QED) is 0.760. The van der Waals surface area contributed by atoms with E-state index in [1.165, 1.54) is 0 Å². The molecule has 0 bridgehead atoms. The first-order chi connectivity index (χ1) is 9.93. The van der Waals surface area contributed by atoms with Crippen LogP contribution in [0.3, 0.4) is 0 Å². The van der Waals surface area contributed by atoms with Crippen molar-refractivity contribution in [3.63, 3.8) is 0 Å². The number of aliphatic carboxylic acids is 1. The van der Waals surface area contributed by atoms with Gasteiger partial charge in [0.05, 0.1) is 12.2 Å². The molecule has 1 saturated heterocycles. The minimum absolute atomic E-state index is 0.105. The van der Waals surface area contributed by atoms with Crippen LogP contribution in [0.5, 0.6) is 0 Å². The van der Waals surface area contributed by atoms with Crippen molar-refractivity contribution in [2.75, 3.05) is 18.4 Å². The van der Waals surface area contributed by atoms with E-state index in [0.29, 0.717) is 13.0 Å². The molecule has 0 radical (unpaired) electrons. The summed E-state index contributed by atoms with van der Waals surface area (Å²) in [5.74, 6) is -1.03. The van der Waals surface area contributed by atoms with Crippen molar-refractivity contribution in [3.8, 4) is 0 Å². The first kappa shape index (κ1) is 16.2. The second-order valence-electron chi connectivity index (χ2n) is 5.49. The molecule has 5 nitrogen and oxygen atoms in total. The molecule has 2 N–H and O–H groups in total. The standard InChI is InChI=1S/C15H19IN2O3/c1-15(14(20)21)8-4-5-9-18(15)10-13(19)17-12-7-3-2-6-11(12)16/h2-3,6-7H,4-5,8-10H2,1H3,(H,17,19)(H,20,21). The average molecular weight is 402 g/mol. The van der Waals surface area contributed by atoms with Crippen LogP contribution in [0.25, 0.3) is 0 Å². The van der Waals surface area contributed by atoms with Gasteiger partial charge in [0.25, 0.3) is 0 Å². The third-order valence-electron chi connectivity index (χ3n) is 3.98. The number of carboxylic acid groups (broad SMARTS) is 1. The number of likely N-dealkylation sites (tertiary alicyclic amines) is 1. The van der Waals surface area contributed by atoms with Crippen LogP contribution in [0.2, 0.25) is 0 Å². The highest BCUT2D eigenvalue weighted by atomic mass is 127. The number of carbonyl (C=O) groups is 2. The van der Waals surface area contributed by atoms with Crippen molar-refractivity contribution in [2.45, 2.75) is 31.7 Å². The lowest BCUT2D eigenvalue weighted by Gasteiger charge is -2.41. The lowest BCUT2D eigenvalue weighted by atomic mass is 9.88. The number of benzene rings is 1. The van der Waals surface area contributed by atoms with E-state index in [9.17, 15) is 14.7 Å². The summed E-state index contributed by atoms with van der Waals surface area (Å²) in [6, 6.07) is 7.52. The second kappa shape index (κ2) is 6.74. The van der Waals surface area contributed by atoms with Gasteiger partial charge in [-0.2, -0.15) is 0 Å². The first-order valence-electron chi connectivity index (χ1n) is 6.96. The lowest BCUT2D eigenvalue weighted by Crippen LogP contribution is -2.57. The monoisotopic (exact) mass is 402 g/mol. The number of para-hydroxylation sites is 1. The molecule has 6 heteroatoms. The summed E-state index contributed by atoms with van der Waals surface area (Å²) >= 11 is 2.16. The zero-order valence-electron chi connectivity index (χ0n) is 11.9. The van der Waals surface area contributed by atoms with E-state index in [-0.39, 0.29) is 12.5 Å². The van der Waals surface area contributed by atoms with Gasteiger partial charge >= 0.3 is 5.97 Å². The summed E-state index contributed by atoms with van der Waals surface area (Å²) in [5, 5.41) is 12.3. The van der Waals surface area contributed by atoms with Gasteiger partial charge in [0.1, 0.15) is 5.54 Å². The van der Waals surface area contributed by atoms with E-state index >= 15 is 0 Å². The maximum absolute atomic E-state index is 12.2. The maximum Gasteiger partial charge on any atom is 0.323 e. The molecule has 0 spiro atoms. The Bertz CT molecular complexity index is 549. The van der Waals surface area contributed by atoms with Crippen LogP contribution in [-0.4, -0.2) is 40.5 Å². The van der Waals surface area contributed by atoms with Crippen LogP contribution in [0.4, 0.5) is 5.69 Å². The number of rotatable bonds is 4. The van der Waals surface area contributed by atoms with Crippen molar-refractivity contribution < 1.29 is 14.7 Å². The van der Waals surface area contributed by atoms with Gasteiger partial charge in [-0.3, -0.25) is 14.5 Å². The third kappa shape index (κ3) is 3.74. The molecule has 1 fully saturated rings. The minimum atomic E-state index is -0.945.